The molecule has 1 aliphatic rings. The van der Waals surface area contributed by atoms with Crippen molar-refractivity contribution in [2.45, 2.75) is 57.9 Å². The van der Waals surface area contributed by atoms with E-state index in [1.165, 1.54) is 38.4 Å². The zero-order valence-corrected chi connectivity index (χ0v) is 12.1. The Bertz CT molecular complexity index is 301. The van der Waals surface area contributed by atoms with Gasteiger partial charge in [0, 0.05) is 18.1 Å². The molecule has 17 heavy (non-hydrogen) atoms. The van der Waals surface area contributed by atoms with Crippen molar-refractivity contribution < 1.29 is 8.42 Å². The smallest absolute Gasteiger partial charge is 0.147 e. The fraction of sp³-hybridized carbons (Fsp3) is 1.00. The molecule has 4 heteroatoms. The van der Waals surface area contributed by atoms with Crippen LogP contribution < -0.4 is 5.32 Å². The Morgan fingerprint density at radius 1 is 1.18 bits per heavy atom. The minimum atomic E-state index is -2.78. The maximum absolute atomic E-state index is 11.1. The third-order valence-electron chi connectivity index (χ3n) is 3.72. The molecular weight excluding hydrogens is 234 g/mol. The Balaban J connectivity index is 2.40. The second-order valence-corrected chi connectivity index (χ2v) is 7.59. The zero-order valence-electron chi connectivity index (χ0n) is 11.2. The summed E-state index contributed by atoms with van der Waals surface area (Å²) in [7, 11) is -2.78. The van der Waals surface area contributed by atoms with Gasteiger partial charge in [-0.2, -0.15) is 0 Å². The molecule has 1 rings (SSSR count). The van der Waals surface area contributed by atoms with E-state index in [1.807, 2.05) is 0 Å². The van der Waals surface area contributed by atoms with Crippen LogP contribution in [0.1, 0.15) is 51.9 Å². The molecule has 0 saturated heterocycles. The molecular formula is C13H27NO2S. The van der Waals surface area contributed by atoms with Gasteiger partial charge < -0.3 is 5.32 Å². The second-order valence-electron chi connectivity index (χ2n) is 5.33. The highest BCUT2D eigenvalue weighted by Crippen LogP contribution is 2.27. The molecule has 1 N–H and O–H groups in total. The van der Waals surface area contributed by atoms with Gasteiger partial charge in [-0.05, 0) is 38.1 Å². The van der Waals surface area contributed by atoms with Crippen LogP contribution in [0.25, 0.3) is 0 Å². The first kappa shape index (κ1) is 15.0. The average Bonchev–Trinajstić information content (AvgIpc) is 2.43. The van der Waals surface area contributed by atoms with Crippen LogP contribution in [-0.4, -0.2) is 33.0 Å². The van der Waals surface area contributed by atoms with Crippen molar-refractivity contribution in [1.29, 1.82) is 0 Å². The fourth-order valence-corrected chi connectivity index (χ4v) is 3.56. The van der Waals surface area contributed by atoms with E-state index >= 15 is 0 Å². The zero-order chi connectivity index (χ0) is 12.7. The van der Waals surface area contributed by atoms with E-state index in [9.17, 15) is 8.42 Å². The number of hydrogen-bond donors (Lipinski definition) is 1. The first-order chi connectivity index (χ1) is 8.03. The third-order valence-corrected chi connectivity index (χ3v) is 4.75. The maximum Gasteiger partial charge on any atom is 0.147 e. The van der Waals surface area contributed by atoms with Gasteiger partial charge in [0.2, 0.25) is 0 Å². The SMILES string of the molecule is CCNC1CCCCCC1CCCS(C)(=O)=O. The largest absolute Gasteiger partial charge is 0.314 e. The summed E-state index contributed by atoms with van der Waals surface area (Å²) in [6.45, 7) is 3.17. The first-order valence-corrected chi connectivity index (χ1v) is 9.00. The molecule has 0 aromatic heterocycles. The van der Waals surface area contributed by atoms with Gasteiger partial charge in [-0.3, -0.25) is 0 Å². The Labute approximate surface area is 106 Å². The van der Waals surface area contributed by atoms with E-state index in [2.05, 4.69) is 12.2 Å². The van der Waals surface area contributed by atoms with E-state index in [4.69, 9.17) is 0 Å². The molecule has 0 aromatic carbocycles. The first-order valence-electron chi connectivity index (χ1n) is 6.94. The maximum atomic E-state index is 11.1. The fourth-order valence-electron chi connectivity index (χ4n) is 2.87. The van der Waals surface area contributed by atoms with E-state index in [-0.39, 0.29) is 0 Å². The van der Waals surface area contributed by atoms with Crippen LogP contribution in [0.3, 0.4) is 0 Å². The van der Waals surface area contributed by atoms with Crippen LogP contribution in [0.15, 0.2) is 0 Å². The summed E-state index contributed by atoms with van der Waals surface area (Å²) in [5.74, 6) is 1.03. The van der Waals surface area contributed by atoms with E-state index in [1.54, 1.807) is 0 Å². The van der Waals surface area contributed by atoms with Crippen LogP contribution in [0.5, 0.6) is 0 Å². The van der Waals surface area contributed by atoms with Crippen molar-refractivity contribution in [2.24, 2.45) is 5.92 Å². The predicted octanol–water partition coefficient (Wildman–Crippen LogP) is 2.37. The molecule has 0 aromatic rings. The Morgan fingerprint density at radius 2 is 1.88 bits per heavy atom. The molecule has 3 nitrogen and oxygen atoms in total. The van der Waals surface area contributed by atoms with Gasteiger partial charge in [-0.25, -0.2) is 8.42 Å². The average molecular weight is 261 g/mol. The summed E-state index contributed by atoms with van der Waals surface area (Å²) in [6.07, 6.45) is 9.72. The van der Waals surface area contributed by atoms with Gasteiger partial charge in [0.1, 0.15) is 9.84 Å². The van der Waals surface area contributed by atoms with Crippen LogP contribution >= 0.6 is 0 Å². The van der Waals surface area contributed by atoms with Crippen LogP contribution in [0, 0.1) is 5.92 Å². The standard InChI is InChI=1S/C13H27NO2S/c1-3-14-13-10-6-4-5-8-12(13)9-7-11-17(2,15)16/h12-14H,3-11H2,1-2H3. The molecule has 1 saturated carbocycles. The minimum Gasteiger partial charge on any atom is -0.314 e. The molecule has 2 unspecified atom stereocenters. The third kappa shape index (κ3) is 6.41. The minimum absolute atomic E-state index is 0.350. The Hall–Kier alpha value is -0.0900. The molecule has 1 fully saturated rings. The van der Waals surface area contributed by atoms with Crippen LogP contribution in [0.4, 0.5) is 0 Å². The molecule has 1 aliphatic carbocycles. The predicted molar refractivity (Wildman–Crippen MR) is 73.0 cm³/mol. The molecule has 0 spiro atoms. The quantitative estimate of drug-likeness (QED) is 0.747. The van der Waals surface area contributed by atoms with Crippen molar-refractivity contribution >= 4 is 9.84 Å². The highest BCUT2D eigenvalue weighted by atomic mass is 32.2. The lowest BCUT2D eigenvalue weighted by atomic mass is 9.90. The van der Waals surface area contributed by atoms with Crippen LogP contribution in [0.2, 0.25) is 0 Å². The van der Waals surface area contributed by atoms with Gasteiger partial charge in [0.25, 0.3) is 0 Å². The lowest BCUT2D eigenvalue weighted by molar-refractivity contribution is 0.319. The Morgan fingerprint density at radius 3 is 2.53 bits per heavy atom. The van der Waals surface area contributed by atoms with Crippen molar-refractivity contribution in [2.75, 3.05) is 18.6 Å². The number of nitrogens with one attached hydrogen (secondary N) is 1. The number of rotatable bonds is 6. The summed E-state index contributed by atoms with van der Waals surface area (Å²) in [4.78, 5) is 0. The van der Waals surface area contributed by atoms with Crippen LogP contribution in [-0.2, 0) is 9.84 Å². The highest BCUT2D eigenvalue weighted by Gasteiger charge is 2.22. The molecule has 0 aliphatic heterocycles. The molecule has 0 amide bonds. The summed E-state index contributed by atoms with van der Waals surface area (Å²) in [6, 6.07) is 0.613. The molecule has 0 heterocycles. The summed E-state index contributed by atoms with van der Waals surface area (Å²) in [5, 5.41) is 3.57. The van der Waals surface area contributed by atoms with Crippen molar-refractivity contribution in [1.82, 2.24) is 5.32 Å². The van der Waals surface area contributed by atoms with Gasteiger partial charge >= 0.3 is 0 Å². The molecule has 0 bridgehead atoms. The van der Waals surface area contributed by atoms with E-state index in [0.717, 1.165) is 19.4 Å². The topological polar surface area (TPSA) is 46.2 Å². The number of hydrogen-bond acceptors (Lipinski definition) is 3. The van der Waals surface area contributed by atoms with Gasteiger partial charge in [0.05, 0.1) is 0 Å². The second kappa shape index (κ2) is 7.37. The van der Waals surface area contributed by atoms with Gasteiger partial charge in [-0.1, -0.05) is 26.2 Å². The van der Waals surface area contributed by atoms with E-state index < -0.39 is 9.84 Å². The van der Waals surface area contributed by atoms with Crippen molar-refractivity contribution in [3.8, 4) is 0 Å². The highest BCUT2D eigenvalue weighted by molar-refractivity contribution is 7.90. The lowest BCUT2D eigenvalue weighted by Gasteiger charge is -2.25. The molecule has 0 radical (unpaired) electrons. The summed E-state index contributed by atoms with van der Waals surface area (Å²) >= 11 is 0. The monoisotopic (exact) mass is 261 g/mol. The van der Waals surface area contributed by atoms with Crippen molar-refractivity contribution in [3.63, 3.8) is 0 Å². The van der Waals surface area contributed by atoms with E-state index in [0.29, 0.717) is 17.7 Å². The lowest BCUT2D eigenvalue weighted by Crippen LogP contribution is -2.35. The summed E-state index contributed by atoms with van der Waals surface area (Å²) in [5.41, 5.74) is 0. The Kier molecular flexibility index (Phi) is 6.49. The molecule has 2 atom stereocenters. The van der Waals surface area contributed by atoms with Gasteiger partial charge in [0.15, 0.2) is 0 Å². The molecule has 102 valence electrons. The number of sulfone groups is 1. The van der Waals surface area contributed by atoms with Crippen molar-refractivity contribution in [3.05, 3.63) is 0 Å². The summed E-state index contributed by atoms with van der Waals surface area (Å²) < 4.78 is 22.3. The normalized spacial score (nSPS) is 26.7. The van der Waals surface area contributed by atoms with Gasteiger partial charge in [-0.15, -0.1) is 0 Å².